The van der Waals surface area contributed by atoms with E-state index in [1.807, 2.05) is 0 Å². The van der Waals surface area contributed by atoms with Crippen molar-refractivity contribution in [2.45, 2.75) is 39.5 Å². The van der Waals surface area contributed by atoms with Crippen molar-refractivity contribution in [2.24, 2.45) is 23.7 Å². The van der Waals surface area contributed by atoms with E-state index in [0.717, 1.165) is 50.7 Å². The Morgan fingerprint density at radius 1 is 1.33 bits per heavy atom. The molecule has 0 spiro atoms. The molecule has 1 heterocycles. The maximum absolute atomic E-state index is 11.9. The summed E-state index contributed by atoms with van der Waals surface area (Å²) in [5.41, 5.74) is 0. The summed E-state index contributed by atoms with van der Waals surface area (Å²) in [6, 6.07) is 0. The Morgan fingerprint density at radius 3 is 2.73 bits per heavy atom. The van der Waals surface area contributed by atoms with Gasteiger partial charge in [0.05, 0.1) is 6.61 Å². The Labute approximate surface area is 92.4 Å². The van der Waals surface area contributed by atoms with Gasteiger partial charge >= 0.3 is 0 Å². The Morgan fingerprint density at radius 2 is 2.13 bits per heavy atom. The van der Waals surface area contributed by atoms with E-state index in [1.54, 1.807) is 0 Å². The molecule has 3 atom stereocenters. The van der Waals surface area contributed by atoms with Gasteiger partial charge < -0.3 is 4.74 Å². The molecule has 0 N–H and O–H groups in total. The minimum Gasteiger partial charge on any atom is -0.381 e. The molecule has 0 bridgehead atoms. The lowest BCUT2D eigenvalue weighted by Crippen LogP contribution is -2.32. The fourth-order valence-corrected chi connectivity index (χ4v) is 3.02. The van der Waals surface area contributed by atoms with Crippen LogP contribution in [0.2, 0.25) is 0 Å². The number of carbonyl (C=O) groups is 1. The van der Waals surface area contributed by atoms with E-state index in [2.05, 4.69) is 13.8 Å². The van der Waals surface area contributed by atoms with Crippen molar-refractivity contribution in [2.75, 3.05) is 13.2 Å². The predicted molar refractivity (Wildman–Crippen MR) is 59.6 cm³/mol. The van der Waals surface area contributed by atoms with Crippen LogP contribution in [-0.4, -0.2) is 19.0 Å². The second-order valence-electron chi connectivity index (χ2n) is 5.47. The van der Waals surface area contributed by atoms with Gasteiger partial charge in [0.15, 0.2) is 0 Å². The van der Waals surface area contributed by atoms with Crippen LogP contribution in [0.25, 0.3) is 0 Å². The number of hydrogen-bond acceptors (Lipinski definition) is 2. The van der Waals surface area contributed by atoms with Crippen LogP contribution in [0.15, 0.2) is 0 Å². The zero-order valence-corrected chi connectivity index (χ0v) is 9.87. The minimum atomic E-state index is 0.314. The molecular formula is C13H22O2. The maximum Gasteiger partial charge on any atom is 0.136 e. The van der Waals surface area contributed by atoms with E-state index in [0.29, 0.717) is 17.6 Å². The molecule has 2 aliphatic rings. The summed E-state index contributed by atoms with van der Waals surface area (Å²) < 4.78 is 5.40. The molecule has 0 aromatic carbocycles. The molecule has 0 aromatic rings. The molecule has 1 aliphatic heterocycles. The van der Waals surface area contributed by atoms with Crippen LogP contribution in [-0.2, 0) is 9.53 Å². The van der Waals surface area contributed by atoms with Crippen molar-refractivity contribution in [1.29, 1.82) is 0 Å². The summed E-state index contributed by atoms with van der Waals surface area (Å²) in [5, 5.41) is 0. The second kappa shape index (κ2) is 4.65. The third-order valence-corrected chi connectivity index (χ3v) is 4.21. The van der Waals surface area contributed by atoms with E-state index in [-0.39, 0.29) is 0 Å². The van der Waals surface area contributed by atoms with Gasteiger partial charge in [0.1, 0.15) is 5.78 Å². The molecule has 1 saturated heterocycles. The topological polar surface area (TPSA) is 26.3 Å². The molecule has 2 fully saturated rings. The van der Waals surface area contributed by atoms with Crippen LogP contribution in [0.5, 0.6) is 0 Å². The van der Waals surface area contributed by atoms with E-state index in [1.165, 1.54) is 0 Å². The van der Waals surface area contributed by atoms with E-state index in [4.69, 9.17) is 4.74 Å². The molecule has 3 unspecified atom stereocenters. The van der Waals surface area contributed by atoms with Gasteiger partial charge in [-0.25, -0.2) is 0 Å². The lowest BCUT2D eigenvalue weighted by molar-refractivity contribution is -0.128. The summed E-state index contributed by atoms with van der Waals surface area (Å²) in [6.07, 6.45) is 4.14. The molecule has 1 aliphatic carbocycles. The van der Waals surface area contributed by atoms with Crippen LogP contribution < -0.4 is 0 Å². The molecule has 0 radical (unpaired) electrons. The smallest absolute Gasteiger partial charge is 0.136 e. The summed E-state index contributed by atoms with van der Waals surface area (Å²) in [4.78, 5) is 11.9. The molecule has 0 aromatic heterocycles. The van der Waals surface area contributed by atoms with Crippen LogP contribution >= 0.6 is 0 Å². The first-order valence-corrected chi connectivity index (χ1v) is 6.29. The maximum atomic E-state index is 11.9. The summed E-state index contributed by atoms with van der Waals surface area (Å²) in [5.74, 6) is 2.83. The average molecular weight is 210 g/mol. The Balaban J connectivity index is 1.98. The third kappa shape index (κ3) is 2.41. The predicted octanol–water partition coefficient (Wildman–Crippen LogP) is 2.66. The van der Waals surface area contributed by atoms with Crippen LogP contribution in [0.3, 0.4) is 0 Å². The van der Waals surface area contributed by atoms with E-state index in [9.17, 15) is 4.79 Å². The molecule has 2 heteroatoms. The number of carbonyl (C=O) groups excluding carboxylic acids is 1. The highest BCUT2D eigenvalue weighted by Gasteiger charge is 2.36. The van der Waals surface area contributed by atoms with Crippen molar-refractivity contribution >= 4 is 5.78 Å². The Hall–Kier alpha value is -0.370. The van der Waals surface area contributed by atoms with Gasteiger partial charge in [-0.05, 0) is 37.0 Å². The highest BCUT2D eigenvalue weighted by Crippen LogP contribution is 2.37. The molecular weight excluding hydrogens is 188 g/mol. The second-order valence-corrected chi connectivity index (χ2v) is 5.47. The molecule has 1 saturated carbocycles. The average Bonchev–Trinajstić information content (AvgIpc) is 2.71. The fraction of sp³-hybridized carbons (Fsp3) is 0.923. The monoisotopic (exact) mass is 210 g/mol. The van der Waals surface area contributed by atoms with Crippen LogP contribution in [0.1, 0.15) is 39.5 Å². The quantitative estimate of drug-likeness (QED) is 0.700. The van der Waals surface area contributed by atoms with Gasteiger partial charge in [-0.15, -0.1) is 0 Å². The highest BCUT2D eigenvalue weighted by atomic mass is 16.5. The van der Waals surface area contributed by atoms with Gasteiger partial charge in [-0.2, -0.15) is 0 Å². The largest absolute Gasteiger partial charge is 0.381 e. The lowest BCUT2D eigenvalue weighted by Gasteiger charge is -2.33. The number of ketones is 1. The Bertz CT molecular complexity index is 229. The number of Topliss-reactive ketones (excluding diaryl/α,β-unsaturated/α-hetero) is 1. The number of rotatable bonds is 2. The zero-order chi connectivity index (χ0) is 10.8. The molecule has 2 rings (SSSR count). The lowest BCUT2D eigenvalue weighted by atomic mass is 9.71. The van der Waals surface area contributed by atoms with Crippen molar-refractivity contribution < 1.29 is 9.53 Å². The standard InChI is InChI=1S/C13H22O2/c1-9(2)10-3-4-13(14)12(7-10)11-5-6-15-8-11/h9-12H,3-8H2,1-2H3. The normalized spacial score (nSPS) is 37.5. The van der Waals surface area contributed by atoms with Gasteiger partial charge in [0, 0.05) is 18.9 Å². The van der Waals surface area contributed by atoms with Gasteiger partial charge in [0.25, 0.3) is 0 Å². The third-order valence-electron chi connectivity index (χ3n) is 4.21. The van der Waals surface area contributed by atoms with E-state index < -0.39 is 0 Å². The van der Waals surface area contributed by atoms with Crippen LogP contribution in [0.4, 0.5) is 0 Å². The summed E-state index contributed by atoms with van der Waals surface area (Å²) in [7, 11) is 0. The number of hydrogen-bond donors (Lipinski definition) is 0. The first kappa shape index (κ1) is 11.1. The molecule has 2 nitrogen and oxygen atoms in total. The summed E-state index contributed by atoms with van der Waals surface area (Å²) >= 11 is 0. The van der Waals surface area contributed by atoms with Gasteiger partial charge in [-0.1, -0.05) is 13.8 Å². The molecule has 15 heavy (non-hydrogen) atoms. The first-order valence-electron chi connectivity index (χ1n) is 6.29. The van der Waals surface area contributed by atoms with E-state index >= 15 is 0 Å². The zero-order valence-electron chi connectivity index (χ0n) is 9.87. The van der Waals surface area contributed by atoms with Crippen LogP contribution in [0, 0.1) is 23.7 Å². The van der Waals surface area contributed by atoms with Crippen molar-refractivity contribution in [3.63, 3.8) is 0 Å². The molecule has 86 valence electrons. The summed E-state index contributed by atoms with van der Waals surface area (Å²) in [6.45, 7) is 6.24. The number of ether oxygens (including phenoxy) is 1. The van der Waals surface area contributed by atoms with Crippen molar-refractivity contribution in [3.05, 3.63) is 0 Å². The SMILES string of the molecule is CC(C)C1CCC(=O)C(C2CCOC2)C1. The minimum absolute atomic E-state index is 0.314. The first-order chi connectivity index (χ1) is 7.18. The highest BCUT2D eigenvalue weighted by molar-refractivity contribution is 5.82. The van der Waals surface area contributed by atoms with Crippen molar-refractivity contribution in [1.82, 2.24) is 0 Å². The fourth-order valence-electron chi connectivity index (χ4n) is 3.02. The molecule has 0 amide bonds. The van der Waals surface area contributed by atoms with Crippen molar-refractivity contribution in [3.8, 4) is 0 Å². The van der Waals surface area contributed by atoms with Gasteiger partial charge in [-0.3, -0.25) is 4.79 Å². The Kier molecular flexibility index (Phi) is 3.45. The van der Waals surface area contributed by atoms with Gasteiger partial charge in [0.2, 0.25) is 0 Å².